The lowest BCUT2D eigenvalue weighted by molar-refractivity contribution is -0.146. The van der Waals surface area contributed by atoms with E-state index in [2.05, 4.69) is 5.32 Å². The Morgan fingerprint density at radius 1 is 1.29 bits per heavy atom. The van der Waals surface area contributed by atoms with Gasteiger partial charge in [0.05, 0.1) is 6.54 Å². The number of carbonyl (C=O) groups excluding carboxylic acids is 1. The molecule has 0 saturated carbocycles. The summed E-state index contributed by atoms with van der Waals surface area (Å²) in [5.41, 5.74) is -4.35. The first kappa shape index (κ1) is 15.8. The third-order valence-corrected chi connectivity index (χ3v) is 2.13. The zero-order valence-electron chi connectivity index (χ0n) is 8.45. The summed E-state index contributed by atoms with van der Waals surface area (Å²) < 4.78 is 35.0. The average molecular weight is 276 g/mol. The van der Waals surface area contributed by atoms with Gasteiger partial charge in [0.2, 0.25) is 0 Å². The molecule has 1 unspecified atom stereocenters. The molecule has 0 heterocycles. The van der Waals surface area contributed by atoms with Gasteiger partial charge in [-0.25, -0.2) is 9.59 Å². The minimum Gasteiger partial charge on any atom is -0.479 e. The van der Waals surface area contributed by atoms with E-state index >= 15 is 0 Å². The highest BCUT2D eigenvalue weighted by Crippen LogP contribution is 2.29. The molecular formula is C7H11F3N2O4S. The van der Waals surface area contributed by atoms with Crippen molar-refractivity contribution < 1.29 is 33.0 Å². The number of aliphatic carboxylic acids is 1. The Kier molecular flexibility index (Phi) is 6.73. The molecule has 0 aromatic rings. The van der Waals surface area contributed by atoms with Gasteiger partial charge in [-0.3, -0.25) is 0 Å². The van der Waals surface area contributed by atoms with Crippen LogP contribution in [0.2, 0.25) is 0 Å². The molecule has 0 rings (SSSR count). The summed E-state index contributed by atoms with van der Waals surface area (Å²) in [5.74, 6) is -1.85. The van der Waals surface area contributed by atoms with Crippen LogP contribution in [0.3, 0.4) is 0 Å². The smallest absolute Gasteiger partial charge is 0.441 e. The number of rotatable bonds is 6. The third-order valence-electron chi connectivity index (χ3n) is 1.39. The van der Waals surface area contributed by atoms with E-state index in [4.69, 9.17) is 10.2 Å². The fraction of sp³-hybridized carbons (Fsp3) is 0.714. The lowest BCUT2D eigenvalue weighted by atomic mass is 10.4. The van der Waals surface area contributed by atoms with Gasteiger partial charge in [-0.1, -0.05) is 0 Å². The quantitative estimate of drug-likeness (QED) is 0.511. The number of carboxylic acids is 1. The molecule has 0 aliphatic carbocycles. The zero-order chi connectivity index (χ0) is 13.5. The van der Waals surface area contributed by atoms with Crippen molar-refractivity contribution in [3.63, 3.8) is 0 Å². The fourth-order valence-corrected chi connectivity index (χ4v) is 1.11. The van der Waals surface area contributed by atoms with Gasteiger partial charge in [-0.2, -0.15) is 13.2 Å². The molecule has 4 N–H and O–H groups in total. The normalized spacial score (nSPS) is 12.9. The van der Waals surface area contributed by atoms with Gasteiger partial charge in [0.25, 0.3) is 0 Å². The Morgan fingerprint density at radius 2 is 1.88 bits per heavy atom. The Labute approximate surface area is 98.6 Å². The first-order valence-electron chi connectivity index (χ1n) is 4.35. The van der Waals surface area contributed by atoms with E-state index < -0.39 is 30.2 Å². The minimum atomic E-state index is -4.35. The number of hydrogen-bond donors (Lipinski definition) is 4. The van der Waals surface area contributed by atoms with Crippen LogP contribution in [0.25, 0.3) is 0 Å². The number of aliphatic hydroxyl groups is 1. The molecule has 0 fully saturated rings. The molecule has 6 nitrogen and oxygen atoms in total. The molecule has 0 bridgehead atoms. The van der Waals surface area contributed by atoms with Crippen LogP contribution in [-0.2, 0) is 4.79 Å². The summed E-state index contributed by atoms with van der Waals surface area (Å²) in [6.07, 6.45) is -1.75. The largest absolute Gasteiger partial charge is 0.479 e. The van der Waals surface area contributed by atoms with E-state index in [0.717, 1.165) is 0 Å². The lowest BCUT2D eigenvalue weighted by Crippen LogP contribution is -2.42. The molecule has 10 heteroatoms. The molecule has 100 valence electrons. The molecule has 0 aliphatic rings. The van der Waals surface area contributed by atoms with Crippen molar-refractivity contribution in [1.82, 2.24) is 10.6 Å². The SMILES string of the molecule is O=C(NCCSC(F)(F)F)NCC(O)C(=O)O. The van der Waals surface area contributed by atoms with E-state index in [-0.39, 0.29) is 24.1 Å². The fourth-order valence-electron chi connectivity index (χ4n) is 0.671. The molecule has 0 spiro atoms. The van der Waals surface area contributed by atoms with Crippen LogP contribution < -0.4 is 10.6 Å². The van der Waals surface area contributed by atoms with E-state index in [1.165, 1.54) is 0 Å². The van der Waals surface area contributed by atoms with Gasteiger partial charge in [0.15, 0.2) is 6.10 Å². The predicted molar refractivity (Wildman–Crippen MR) is 53.6 cm³/mol. The van der Waals surface area contributed by atoms with E-state index in [9.17, 15) is 22.8 Å². The number of carboxylic acid groups (broad SMARTS) is 1. The highest BCUT2D eigenvalue weighted by molar-refractivity contribution is 8.00. The van der Waals surface area contributed by atoms with E-state index in [0.29, 0.717) is 0 Å². The van der Waals surface area contributed by atoms with Gasteiger partial charge in [-0.15, -0.1) is 0 Å². The second-order valence-corrected chi connectivity index (χ2v) is 3.94. The van der Waals surface area contributed by atoms with Gasteiger partial charge >= 0.3 is 17.5 Å². The third kappa shape index (κ3) is 9.75. The standard InChI is InChI=1S/C7H11F3N2O4S/c8-7(9,10)17-2-1-11-6(16)12-3-4(13)5(14)15/h4,13H,1-3H2,(H,14,15)(H2,11,12,16). The number of carbonyl (C=O) groups is 2. The van der Waals surface area contributed by atoms with Crippen molar-refractivity contribution in [2.75, 3.05) is 18.8 Å². The summed E-state index contributed by atoms with van der Waals surface area (Å²) in [4.78, 5) is 21.0. The summed E-state index contributed by atoms with van der Waals surface area (Å²) in [6.45, 7) is -0.743. The average Bonchev–Trinajstić information content (AvgIpc) is 2.19. The van der Waals surface area contributed by atoms with Gasteiger partial charge in [0.1, 0.15) is 0 Å². The summed E-state index contributed by atoms with van der Waals surface area (Å²) in [5, 5.41) is 21.1. The van der Waals surface area contributed by atoms with Crippen LogP contribution >= 0.6 is 11.8 Å². The topological polar surface area (TPSA) is 98.7 Å². The van der Waals surface area contributed by atoms with E-state index in [1.807, 2.05) is 5.32 Å². The van der Waals surface area contributed by atoms with Crippen LogP contribution in [0.1, 0.15) is 0 Å². The molecule has 1 atom stereocenters. The summed E-state index contributed by atoms with van der Waals surface area (Å²) >= 11 is -0.281. The first-order chi connectivity index (χ1) is 7.72. The van der Waals surface area contributed by atoms with Crippen LogP contribution in [-0.4, -0.2) is 52.7 Å². The monoisotopic (exact) mass is 276 g/mol. The lowest BCUT2D eigenvalue weighted by Gasteiger charge is -2.09. The molecular weight excluding hydrogens is 265 g/mol. The highest BCUT2D eigenvalue weighted by Gasteiger charge is 2.27. The predicted octanol–water partition coefficient (Wildman–Crippen LogP) is -0.0159. The number of aliphatic hydroxyl groups excluding tert-OH is 1. The van der Waals surface area contributed by atoms with Crippen molar-refractivity contribution in [2.24, 2.45) is 0 Å². The summed E-state index contributed by atoms with van der Waals surface area (Å²) in [6, 6.07) is -0.840. The minimum absolute atomic E-state index is 0.223. The number of halogens is 3. The molecule has 0 aromatic carbocycles. The first-order valence-corrected chi connectivity index (χ1v) is 5.34. The zero-order valence-corrected chi connectivity index (χ0v) is 9.27. The van der Waals surface area contributed by atoms with Crippen molar-refractivity contribution >= 4 is 23.8 Å². The van der Waals surface area contributed by atoms with Crippen LogP contribution in [0, 0.1) is 0 Å². The van der Waals surface area contributed by atoms with Gasteiger partial charge < -0.3 is 20.8 Å². The van der Waals surface area contributed by atoms with Crippen LogP contribution in [0.5, 0.6) is 0 Å². The Morgan fingerprint density at radius 3 is 2.35 bits per heavy atom. The number of thioether (sulfide) groups is 1. The number of nitrogens with one attached hydrogen (secondary N) is 2. The van der Waals surface area contributed by atoms with Crippen molar-refractivity contribution in [3.8, 4) is 0 Å². The van der Waals surface area contributed by atoms with Crippen molar-refractivity contribution in [1.29, 1.82) is 0 Å². The van der Waals surface area contributed by atoms with Crippen LogP contribution in [0.15, 0.2) is 0 Å². The number of amides is 2. The van der Waals surface area contributed by atoms with Gasteiger partial charge in [-0.05, 0) is 11.8 Å². The maximum Gasteiger partial charge on any atom is 0.441 e. The number of alkyl halides is 3. The Bertz CT molecular complexity index is 274. The van der Waals surface area contributed by atoms with Crippen molar-refractivity contribution in [3.05, 3.63) is 0 Å². The maximum absolute atomic E-state index is 11.7. The molecule has 0 aliphatic heterocycles. The molecule has 0 aromatic heterocycles. The highest BCUT2D eigenvalue weighted by atomic mass is 32.2. The molecule has 0 saturated heterocycles. The van der Waals surface area contributed by atoms with Crippen molar-refractivity contribution in [2.45, 2.75) is 11.6 Å². The molecule has 2 amide bonds. The second kappa shape index (κ2) is 7.22. The number of urea groups is 1. The van der Waals surface area contributed by atoms with Gasteiger partial charge in [0, 0.05) is 12.3 Å². The Hall–Kier alpha value is -1.16. The van der Waals surface area contributed by atoms with E-state index in [1.54, 1.807) is 0 Å². The number of hydrogen-bond acceptors (Lipinski definition) is 4. The molecule has 17 heavy (non-hydrogen) atoms. The summed E-state index contributed by atoms with van der Waals surface area (Å²) in [7, 11) is 0. The van der Waals surface area contributed by atoms with Crippen LogP contribution in [0.4, 0.5) is 18.0 Å². The maximum atomic E-state index is 11.7. The second-order valence-electron chi connectivity index (χ2n) is 2.79. The molecule has 0 radical (unpaired) electrons. The Balaban J connectivity index is 3.57.